The quantitative estimate of drug-likeness (QED) is 0.427. The van der Waals surface area contributed by atoms with Crippen molar-refractivity contribution in [1.29, 1.82) is 0 Å². The van der Waals surface area contributed by atoms with Crippen LogP contribution < -0.4 is 14.9 Å². The van der Waals surface area contributed by atoms with E-state index in [0.717, 1.165) is 0 Å². The summed E-state index contributed by atoms with van der Waals surface area (Å²) >= 11 is 0. The monoisotopic (exact) mass is 404 g/mol. The predicted octanol–water partition coefficient (Wildman–Crippen LogP) is 3.51. The molecule has 0 fully saturated rings. The molecule has 1 amide bonds. The number of benzene rings is 1. The van der Waals surface area contributed by atoms with Gasteiger partial charge in [-0.25, -0.2) is 15.0 Å². The Kier molecular flexibility index (Phi) is 7.24. The summed E-state index contributed by atoms with van der Waals surface area (Å²) in [4.78, 5) is 23.0. The van der Waals surface area contributed by atoms with E-state index in [0.29, 0.717) is 22.8 Å². The molecule has 0 aliphatic carbocycles. The highest BCUT2D eigenvalue weighted by Gasteiger charge is 2.15. The average molecular weight is 404 g/mol. The Morgan fingerprint density at radius 1 is 1.14 bits per heavy atom. The fourth-order valence-corrected chi connectivity index (χ4v) is 2.16. The minimum absolute atomic E-state index is 0.0982. The van der Waals surface area contributed by atoms with Crippen LogP contribution in [-0.2, 0) is 16.1 Å². The topological polar surface area (TPSA) is 109 Å². The molecular formula is C20H24N2O7. The van der Waals surface area contributed by atoms with Crippen LogP contribution in [0.4, 0.5) is 4.79 Å². The molecule has 156 valence electrons. The van der Waals surface area contributed by atoms with Gasteiger partial charge in [-0.1, -0.05) is 0 Å². The van der Waals surface area contributed by atoms with E-state index in [1.54, 1.807) is 45.0 Å². The number of carbonyl (C=O) groups excluding carboxylic acids is 2. The fourth-order valence-electron chi connectivity index (χ4n) is 2.16. The van der Waals surface area contributed by atoms with Gasteiger partial charge in [-0.05, 0) is 56.7 Å². The zero-order valence-corrected chi connectivity index (χ0v) is 17.0. The van der Waals surface area contributed by atoms with E-state index >= 15 is 0 Å². The number of furan rings is 1. The van der Waals surface area contributed by atoms with E-state index in [1.807, 2.05) is 0 Å². The molecule has 0 saturated carbocycles. The number of methoxy groups -OCH3 is 2. The van der Waals surface area contributed by atoms with E-state index in [9.17, 15) is 9.59 Å². The zero-order valence-electron chi connectivity index (χ0n) is 17.0. The molecule has 1 N–H and O–H groups in total. The molecule has 0 atom stereocenters. The van der Waals surface area contributed by atoms with Gasteiger partial charge < -0.3 is 23.4 Å². The Labute approximate surface area is 168 Å². The van der Waals surface area contributed by atoms with Crippen molar-refractivity contribution in [3.63, 3.8) is 0 Å². The van der Waals surface area contributed by atoms with Crippen LogP contribution in [0, 0.1) is 0 Å². The van der Waals surface area contributed by atoms with Crippen molar-refractivity contribution >= 4 is 18.3 Å². The molecule has 0 aliphatic heterocycles. The van der Waals surface area contributed by atoms with Crippen molar-refractivity contribution in [2.24, 2.45) is 5.10 Å². The first-order valence-electron chi connectivity index (χ1n) is 8.72. The first-order chi connectivity index (χ1) is 13.7. The second kappa shape index (κ2) is 9.63. The smallest absolute Gasteiger partial charge is 0.428 e. The second-order valence-corrected chi connectivity index (χ2v) is 6.83. The second-order valence-electron chi connectivity index (χ2n) is 6.83. The largest absolute Gasteiger partial charge is 0.493 e. The molecule has 1 aromatic heterocycles. The summed E-state index contributed by atoms with van der Waals surface area (Å²) in [6, 6.07) is 8.26. The molecule has 2 rings (SSSR count). The summed E-state index contributed by atoms with van der Waals surface area (Å²) < 4.78 is 26.0. The lowest BCUT2D eigenvalue weighted by atomic mass is 10.2. The SMILES string of the molecule is COC(=O)c1ccc(COc2ccc(/C=N/NC(=O)OC(C)(C)C)cc2OC)o1. The molecule has 2 aromatic rings. The van der Waals surface area contributed by atoms with Gasteiger partial charge in [0.25, 0.3) is 0 Å². The van der Waals surface area contributed by atoms with Crippen LogP contribution in [0.3, 0.4) is 0 Å². The van der Waals surface area contributed by atoms with Crippen molar-refractivity contribution in [1.82, 2.24) is 5.43 Å². The minimum atomic E-state index is -0.648. The van der Waals surface area contributed by atoms with Crippen molar-refractivity contribution < 1.29 is 33.0 Å². The number of hydrazone groups is 1. The summed E-state index contributed by atoms with van der Waals surface area (Å²) in [5, 5.41) is 3.85. The van der Waals surface area contributed by atoms with Gasteiger partial charge in [-0.2, -0.15) is 5.10 Å². The molecule has 29 heavy (non-hydrogen) atoms. The summed E-state index contributed by atoms with van der Waals surface area (Å²) in [7, 11) is 2.78. The van der Waals surface area contributed by atoms with E-state index in [2.05, 4.69) is 15.3 Å². The Morgan fingerprint density at radius 3 is 2.55 bits per heavy atom. The van der Waals surface area contributed by atoms with Gasteiger partial charge in [0.05, 0.1) is 20.4 Å². The molecule has 9 heteroatoms. The maximum atomic E-state index is 11.6. The van der Waals surface area contributed by atoms with Crippen molar-refractivity contribution in [3.8, 4) is 11.5 Å². The number of ether oxygens (including phenoxy) is 4. The van der Waals surface area contributed by atoms with Crippen molar-refractivity contribution in [2.45, 2.75) is 33.0 Å². The highest BCUT2D eigenvalue weighted by molar-refractivity contribution is 5.86. The lowest BCUT2D eigenvalue weighted by Gasteiger charge is -2.18. The van der Waals surface area contributed by atoms with Crippen LogP contribution in [0.15, 0.2) is 39.9 Å². The average Bonchev–Trinajstić information content (AvgIpc) is 3.13. The third-order valence-electron chi connectivity index (χ3n) is 3.37. The molecule has 0 radical (unpaired) electrons. The normalized spacial score (nSPS) is 11.2. The maximum Gasteiger partial charge on any atom is 0.428 e. The highest BCUT2D eigenvalue weighted by atomic mass is 16.6. The Hall–Kier alpha value is -3.49. The third-order valence-corrected chi connectivity index (χ3v) is 3.37. The summed E-state index contributed by atoms with van der Waals surface area (Å²) in [5.41, 5.74) is 2.36. The van der Waals surface area contributed by atoms with Gasteiger partial charge in [0.1, 0.15) is 18.0 Å². The molecule has 0 aliphatic rings. The number of esters is 1. The van der Waals surface area contributed by atoms with Crippen LogP contribution >= 0.6 is 0 Å². The Morgan fingerprint density at radius 2 is 1.90 bits per heavy atom. The van der Waals surface area contributed by atoms with Crippen molar-refractivity contribution in [2.75, 3.05) is 14.2 Å². The van der Waals surface area contributed by atoms with Gasteiger partial charge in [0.2, 0.25) is 5.76 Å². The van der Waals surface area contributed by atoms with Gasteiger partial charge >= 0.3 is 12.1 Å². The van der Waals surface area contributed by atoms with Crippen LogP contribution in [0.5, 0.6) is 11.5 Å². The van der Waals surface area contributed by atoms with Crippen LogP contribution in [-0.4, -0.2) is 38.1 Å². The fraction of sp³-hybridized carbons (Fsp3) is 0.350. The highest BCUT2D eigenvalue weighted by Crippen LogP contribution is 2.28. The summed E-state index contributed by atoms with van der Waals surface area (Å²) in [5.74, 6) is 0.936. The van der Waals surface area contributed by atoms with E-state index in [-0.39, 0.29) is 12.4 Å². The number of nitrogens with one attached hydrogen (secondary N) is 1. The van der Waals surface area contributed by atoms with Gasteiger partial charge in [-0.15, -0.1) is 0 Å². The number of nitrogens with zero attached hydrogens (tertiary/aromatic N) is 1. The first-order valence-corrected chi connectivity index (χ1v) is 8.72. The first kappa shape index (κ1) is 21.8. The van der Waals surface area contributed by atoms with E-state index in [4.69, 9.17) is 18.6 Å². The Bertz CT molecular complexity index is 881. The molecule has 1 heterocycles. The Balaban J connectivity index is 1.97. The van der Waals surface area contributed by atoms with E-state index < -0.39 is 17.7 Å². The molecular weight excluding hydrogens is 380 g/mol. The van der Waals surface area contributed by atoms with Gasteiger partial charge in [0.15, 0.2) is 11.5 Å². The van der Waals surface area contributed by atoms with Crippen LogP contribution in [0.1, 0.15) is 42.6 Å². The number of hydrogen-bond acceptors (Lipinski definition) is 8. The summed E-state index contributed by atoms with van der Waals surface area (Å²) in [6.45, 7) is 5.39. The van der Waals surface area contributed by atoms with E-state index in [1.165, 1.54) is 26.5 Å². The zero-order chi connectivity index (χ0) is 21.4. The minimum Gasteiger partial charge on any atom is -0.493 e. The standard InChI is InChI=1S/C20H24N2O7/c1-20(2,3)29-19(24)22-21-11-13-6-8-15(17(10-13)25-4)27-12-14-7-9-16(28-14)18(23)26-5/h6-11H,12H2,1-5H3,(H,22,24)/b21-11+. The summed E-state index contributed by atoms with van der Waals surface area (Å²) in [6.07, 6.45) is 0.802. The van der Waals surface area contributed by atoms with Gasteiger partial charge in [0, 0.05) is 0 Å². The lowest BCUT2D eigenvalue weighted by molar-refractivity contribution is 0.0527. The van der Waals surface area contributed by atoms with Crippen LogP contribution in [0.2, 0.25) is 0 Å². The van der Waals surface area contributed by atoms with Crippen LogP contribution in [0.25, 0.3) is 0 Å². The molecule has 0 unspecified atom stereocenters. The number of amides is 1. The maximum absolute atomic E-state index is 11.6. The van der Waals surface area contributed by atoms with Crippen molar-refractivity contribution in [3.05, 3.63) is 47.4 Å². The lowest BCUT2D eigenvalue weighted by Crippen LogP contribution is -2.29. The number of hydrogen-bond donors (Lipinski definition) is 1. The molecule has 0 saturated heterocycles. The predicted molar refractivity (Wildman–Crippen MR) is 104 cm³/mol. The third kappa shape index (κ3) is 6.87. The molecule has 1 aromatic carbocycles. The molecule has 0 spiro atoms. The van der Waals surface area contributed by atoms with Gasteiger partial charge in [-0.3, -0.25) is 0 Å². The number of carbonyl (C=O) groups is 2. The molecule has 0 bridgehead atoms. The number of rotatable bonds is 7. The molecule has 9 nitrogen and oxygen atoms in total.